The van der Waals surface area contributed by atoms with Gasteiger partial charge in [-0.1, -0.05) is 12.1 Å². The highest BCUT2D eigenvalue weighted by molar-refractivity contribution is 7.85. The van der Waals surface area contributed by atoms with Gasteiger partial charge < -0.3 is 15.5 Å². The summed E-state index contributed by atoms with van der Waals surface area (Å²) in [5, 5.41) is 6.86. The standard InChI is InChI=1S/C29H31F3N6O2S/c1-18(2)38-26-20(14-23(27(38)39)19-5-4-6-22(13-19)41(40)17-29(3,31)32)16-34-28(36-26)35-21-7-8-25(24(30)15-21)37-11-9-33-10-12-37/h4-8,13-16,18,33H,9-12,17H2,1-3H3,(H,34,35,36). The molecule has 1 atom stereocenters. The Balaban J connectivity index is 1.48. The zero-order valence-electron chi connectivity index (χ0n) is 23.0. The first-order valence-corrected chi connectivity index (χ1v) is 14.6. The van der Waals surface area contributed by atoms with Crippen LogP contribution >= 0.6 is 0 Å². The number of aromatic nitrogens is 3. The lowest BCUT2D eigenvalue weighted by molar-refractivity contribution is 0.0483. The number of nitrogens with one attached hydrogen (secondary N) is 2. The third kappa shape index (κ3) is 6.43. The van der Waals surface area contributed by atoms with Crippen LogP contribution in [0.1, 0.15) is 26.8 Å². The highest BCUT2D eigenvalue weighted by Crippen LogP contribution is 2.28. The summed E-state index contributed by atoms with van der Waals surface area (Å²) in [6.07, 6.45) is 1.57. The van der Waals surface area contributed by atoms with Crippen molar-refractivity contribution < 1.29 is 17.4 Å². The molecule has 41 heavy (non-hydrogen) atoms. The molecule has 1 aliphatic rings. The average Bonchev–Trinajstić information content (AvgIpc) is 2.92. The molecule has 0 saturated carbocycles. The quantitative estimate of drug-likeness (QED) is 0.298. The predicted octanol–water partition coefficient (Wildman–Crippen LogP) is 5.09. The molecular formula is C29H31F3N6O2S. The smallest absolute Gasteiger partial charge is 0.260 e. The molecular weight excluding hydrogens is 553 g/mol. The number of fused-ring (bicyclic) bond motifs is 1. The van der Waals surface area contributed by atoms with Crippen LogP contribution in [0.2, 0.25) is 0 Å². The first kappa shape index (κ1) is 28.7. The van der Waals surface area contributed by atoms with E-state index in [1.807, 2.05) is 18.7 Å². The molecule has 0 aliphatic carbocycles. The van der Waals surface area contributed by atoms with Crippen molar-refractivity contribution in [3.63, 3.8) is 0 Å². The zero-order chi connectivity index (χ0) is 29.3. The van der Waals surface area contributed by atoms with Gasteiger partial charge in [0.2, 0.25) is 5.95 Å². The molecule has 12 heteroatoms. The van der Waals surface area contributed by atoms with Crippen molar-refractivity contribution in [2.75, 3.05) is 42.1 Å². The SMILES string of the molecule is CC(C)n1c(=O)c(-c2cccc(S(=O)CC(C)(F)F)c2)cc2cnc(Nc3ccc(N4CCNCC4)c(F)c3)nc21. The number of pyridine rings is 1. The molecule has 0 radical (unpaired) electrons. The van der Waals surface area contributed by atoms with Gasteiger partial charge in [0.15, 0.2) is 0 Å². The van der Waals surface area contributed by atoms with Crippen LogP contribution in [0.25, 0.3) is 22.2 Å². The molecule has 0 spiro atoms. The van der Waals surface area contributed by atoms with Gasteiger partial charge in [0.1, 0.15) is 11.5 Å². The minimum absolute atomic E-state index is 0.200. The Morgan fingerprint density at radius 2 is 1.88 bits per heavy atom. The molecule has 3 heterocycles. The highest BCUT2D eigenvalue weighted by Gasteiger charge is 2.26. The summed E-state index contributed by atoms with van der Waals surface area (Å²) in [5.41, 5.74) is 1.82. The normalized spacial score (nSPS) is 15.0. The maximum Gasteiger partial charge on any atom is 0.260 e. The molecule has 2 N–H and O–H groups in total. The van der Waals surface area contributed by atoms with E-state index in [1.165, 1.54) is 22.8 Å². The fourth-order valence-electron chi connectivity index (χ4n) is 4.86. The lowest BCUT2D eigenvalue weighted by Gasteiger charge is -2.29. The van der Waals surface area contributed by atoms with Crippen molar-refractivity contribution >= 4 is 39.2 Å². The maximum atomic E-state index is 14.9. The number of hydrogen-bond donors (Lipinski definition) is 2. The molecule has 1 aliphatic heterocycles. The van der Waals surface area contributed by atoms with Crippen LogP contribution in [-0.4, -0.2) is 56.6 Å². The summed E-state index contributed by atoms with van der Waals surface area (Å²) in [5.74, 6) is -4.05. The van der Waals surface area contributed by atoms with Gasteiger partial charge in [-0.15, -0.1) is 0 Å². The van der Waals surface area contributed by atoms with Crippen molar-refractivity contribution in [1.29, 1.82) is 0 Å². The van der Waals surface area contributed by atoms with Gasteiger partial charge in [-0.3, -0.25) is 13.6 Å². The van der Waals surface area contributed by atoms with Gasteiger partial charge in [-0.25, -0.2) is 18.2 Å². The second kappa shape index (κ2) is 11.6. The fraction of sp³-hybridized carbons (Fsp3) is 0.345. The van der Waals surface area contributed by atoms with Crippen molar-refractivity contribution in [3.05, 3.63) is 70.9 Å². The van der Waals surface area contributed by atoms with Crippen molar-refractivity contribution in [2.24, 2.45) is 0 Å². The summed E-state index contributed by atoms with van der Waals surface area (Å²) >= 11 is 0. The highest BCUT2D eigenvalue weighted by atomic mass is 32.2. The summed E-state index contributed by atoms with van der Waals surface area (Å²) < 4.78 is 55.9. The molecule has 2 aromatic carbocycles. The first-order valence-electron chi connectivity index (χ1n) is 13.3. The van der Waals surface area contributed by atoms with Crippen LogP contribution in [0.3, 0.4) is 0 Å². The summed E-state index contributed by atoms with van der Waals surface area (Å²) in [7, 11) is -1.94. The molecule has 8 nitrogen and oxygen atoms in total. The van der Waals surface area contributed by atoms with E-state index in [4.69, 9.17) is 0 Å². The summed E-state index contributed by atoms with van der Waals surface area (Å²) in [6.45, 7) is 7.46. The Morgan fingerprint density at radius 3 is 2.56 bits per heavy atom. The number of piperazine rings is 1. The number of hydrogen-bond acceptors (Lipinski definition) is 7. The number of halogens is 3. The minimum Gasteiger partial charge on any atom is -0.367 e. The van der Waals surface area contributed by atoms with Crippen LogP contribution in [0.15, 0.2) is 64.4 Å². The van der Waals surface area contributed by atoms with Crippen molar-refractivity contribution in [3.8, 4) is 11.1 Å². The fourth-order valence-corrected chi connectivity index (χ4v) is 5.98. The lowest BCUT2D eigenvalue weighted by Crippen LogP contribution is -2.43. The number of benzene rings is 2. The first-order chi connectivity index (χ1) is 19.5. The number of nitrogens with zero attached hydrogens (tertiary/aromatic N) is 4. The predicted molar refractivity (Wildman–Crippen MR) is 156 cm³/mol. The molecule has 1 unspecified atom stereocenters. The molecule has 1 fully saturated rings. The van der Waals surface area contributed by atoms with E-state index in [9.17, 15) is 22.2 Å². The molecule has 0 bridgehead atoms. The Bertz CT molecular complexity index is 1670. The van der Waals surface area contributed by atoms with E-state index >= 15 is 0 Å². The third-order valence-corrected chi connectivity index (χ3v) is 8.29. The monoisotopic (exact) mass is 584 g/mol. The number of anilines is 3. The van der Waals surface area contributed by atoms with Crippen molar-refractivity contribution in [2.45, 2.75) is 37.6 Å². The summed E-state index contributed by atoms with van der Waals surface area (Å²) in [6, 6.07) is 12.5. The maximum absolute atomic E-state index is 14.9. The molecule has 1 saturated heterocycles. The second-order valence-corrected chi connectivity index (χ2v) is 11.9. The van der Waals surface area contributed by atoms with E-state index in [-0.39, 0.29) is 28.3 Å². The van der Waals surface area contributed by atoms with Gasteiger partial charge in [0, 0.05) is 66.9 Å². The van der Waals surface area contributed by atoms with E-state index in [2.05, 4.69) is 20.6 Å². The number of rotatable bonds is 8. The Kier molecular flexibility index (Phi) is 8.14. The largest absolute Gasteiger partial charge is 0.367 e. The Labute approximate surface area is 238 Å². The number of alkyl halides is 2. The molecule has 2 aromatic heterocycles. The molecule has 0 amide bonds. The summed E-state index contributed by atoms with van der Waals surface area (Å²) in [4.78, 5) is 24.8. The lowest BCUT2D eigenvalue weighted by atomic mass is 10.1. The van der Waals surface area contributed by atoms with Crippen LogP contribution in [0, 0.1) is 5.82 Å². The van der Waals surface area contributed by atoms with Gasteiger partial charge in [-0.2, -0.15) is 4.98 Å². The second-order valence-electron chi connectivity index (χ2n) is 10.4. The Morgan fingerprint density at radius 1 is 1.12 bits per heavy atom. The van der Waals surface area contributed by atoms with Gasteiger partial charge in [-0.05, 0) is 55.8 Å². The minimum atomic E-state index is -3.09. The van der Waals surface area contributed by atoms with E-state index in [1.54, 1.807) is 36.5 Å². The van der Waals surface area contributed by atoms with Crippen LogP contribution in [0.5, 0.6) is 0 Å². The van der Waals surface area contributed by atoms with Crippen LogP contribution in [-0.2, 0) is 10.8 Å². The third-order valence-electron chi connectivity index (χ3n) is 6.74. The van der Waals surface area contributed by atoms with Crippen LogP contribution in [0.4, 0.5) is 30.5 Å². The van der Waals surface area contributed by atoms with Crippen molar-refractivity contribution in [1.82, 2.24) is 19.9 Å². The van der Waals surface area contributed by atoms with E-state index in [0.29, 0.717) is 33.5 Å². The topological polar surface area (TPSA) is 92.2 Å². The Hall–Kier alpha value is -3.77. The van der Waals surface area contributed by atoms with Gasteiger partial charge in [0.05, 0.1) is 22.2 Å². The zero-order valence-corrected chi connectivity index (χ0v) is 23.8. The van der Waals surface area contributed by atoms with E-state index < -0.39 is 22.5 Å². The van der Waals surface area contributed by atoms with E-state index in [0.717, 1.165) is 33.1 Å². The van der Waals surface area contributed by atoms with Gasteiger partial charge in [0.25, 0.3) is 11.5 Å². The molecule has 216 valence electrons. The van der Waals surface area contributed by atoms with Gasteiger partial charge >= 0.3 is 0 Å². The molecule has 4 aromatic rings. The average molecular weight is 585 g/mol. The molecule has 5 rings (SSSR count). The van der Waals surface area contributed by atoms with Crippen LogP contribution < -0.4 is 21.1 Å².